The van der Waals surface area contributed by atoms with Gasteiger partial charge in [-0.05, 0) is 13.0 Å². The van der Waals surface area contributed by atoms with Crippen molar-refractivity contribution in [2.75, 3.05) is 18.6 Å². The van der Waals surface area contributed by atoms with Crippen molar-refractivity contribution in [2.45, 2.75) is 32.6 Å². The molecule has 0 atom stereocenters. The second-order valence-corrected chi connectivity index (χ2v) is 10.0. The Labute approximate surface area is 87.4 Å². The first kappa shape index (κ1) is 15.2. The molecule has 0 heterocycles. The molecule has 0 aliphatic rings. The first-order valence-electron chi connectivity index (χ1n) is 4.17. The number of ether oxygens (including phenoxy) is 1. The highest BCUT2D eigenvalue weighted by atomic mass is 35.5. The third kappa shape index (κ3) is 22.4. The number of hydrogen-bond donors (Lipinski definition) is 0. The third-order valence-electron chi connectivity index (χ3n) is 1.20. The van der Waals surface area contributed by atoms with Crippen LogP contribution in [0.4, 0.5) is 0 Å². The zero-order chi connectivity index (χ0) is 10.0. The summed E-state index contributed by atoms with van der Waals surface area (Å²) in [6, 6.07) is 1.29. The van der Waals surface area contributed by atoms with Crippen LogP contribution >= 0.6 is 23.2 Å². The zero-order valence-corrected chi connectivity index (χ0v) is 11.0. The summed E-state index contributed by atoms with van der Waals surface area (Å²) in [5.74, 6) is 0. The second-order valence-electron chi connectivity index (χ2n) is 3.61. The van der Waals surface area contributed by atoms with Crippen LogP contribution in [0.5, 0.6) is 0 Å². The van der Waals surface area contributed by atoms with Crippen molar-refractivity contribution in [3.8, 4) is 0 Å². The SMILES string of the molecule is CCOCC[Si](C)(C)C.ClCCl. The summed E-state index contributed by atoms with van der Waals surface area (Å²) < 4.78 is 5.24. The van der Waals surface area contributed by atoms with Gasteiger partial charge in [-0.15, -0.1) is 23.2 Å². The zero-order valence-electron chi connectivity index (χ0n) is 8.49. The molecule has 76 valence electrons. The predicted octanol–water partition coefficient (Wildman–Crippen LogP) is 3.78. The van der Waals surface area contributed by atoms with Crippen LogP contribution in [-0.2, 0) is 4.74 Å². The fraction of sp³-hybridized carbons (Fsp3) is 1.00. The second kappa shape index (κ2) is 9.84. The van der Waals surface area contributed by atoms with E-state index in [4.69, 9.17) is 27.9 Å². The Morgan fingerprint density at radius 2 is 1.58 bits per heavy atom. The smallest absolute Gasteiger partial charge is 0.0967 e. The van der Waals surface area contributed by atoms with E-state index in [-0.39, 0.29) is 5.34 Å². The summed E-state index contributed by atoms with van der Waals surface area (Å²) in [7, 11) is -0.819. The molecule has 0 aliphatic carbocycles. The molecule has 0 aromatic heterocycles. The van der Waals surface area contributed by atoms with Gasteiger partial charge in [0.25, 0.3) is 0 Å². The highest BCUT2D eigenvalue weighted by Gasteiger charge is 2.11. The van der Waals surface area contributed by atoms with Crippen LogP contribution in [0.3, 0.4) is 0 Å². The van der Waals surface area contributed by atoms with Gasteiger partial charge in [0.15, 0.2) is 0 Å². The lowest BCUT2D eigenvalue weighted by Crippen LogP contribution is -2.21. The molecular weight excluding hydrogens is 211 g/mol. The van der Waals surface area contributed by atoms with Crippen LogP contribution in [0, 0.1) is 0 Å². The fourth-order valence-electron chi connectivity index (χ4n) is 0.523. The molecule has 0 saturated carbocycles. The molecule has 0 N–H and O–H groups in total. The normalized spacial score (nSPS) is 10.5. The average molecular weight is 231 g/mol. The minimum atomic E-state index is -0.819. The topological polar surface area (TPSA) is 9.23 Å². The molecule has 0 saturated heterocycles. The van der Waals surface area contributed by atoms with Crippen molar-refractivity contribution in [1.82, 2.24) is 0 Å². The highest BCUT2D eigenvalue weighted by Crippen LogP contribution is 2.06. The van der Waals surface area contributed by atoms with Crippen LogP contribution in [0.1, 0.15) is 6.92 Å². The van der Waals surface area contributed by atoms with Gasteiger partial charge in [-0.25, -0.2) is 0 Å². The van der Waals surface area contributed by atoms with E-state index >= 15 is 0 Å². The summed E-state index contributed by atoms with van der Waals surface area (Å²) in [6.45, 7) is 11.0. The van der Waals surface area contributed by atoms with Crippen molar-refractivity contribution in [1.29, 1.82) is 0 Å². The van der Waals surface area contributed by atoms with Crippen molar-refractivity contribution >= 4 is 31.3 Å². The number of alkyl halides is 2. The van der Waals surface area contributed by atoms with E-state index in [9.17, 15) is 0 Å². The number of halogens is 2. The lowest BCUT2D eigenvalue weighted by molar-refractivity contribution is 0.161. The van der Waals surface area contributed by atoms with Crippen molar-refractivity contribution in [3.63, 3.8) is 0 Å². The molecular formula is C8H20Cl2OSi. The fourth-order valence-corrected chi connectivity index (χ4v) is 1.28. The lowest BCUT2D eigenvalue weighted by Gasteiger charge is -2.14. The van der Waals surface area contributed by atoms with Gasteiger partial charge in [0.05, 0.1) is 5.34 Å². The molecule has 4 heteroatoms. The molecule has 0 rings (SSSR count). The lowest BCUT2D eigenvalue weighted by atomic mass is 10.8. The van der Waals surface area contributed by atoms with Gasteiger partial charge in [-0.2, -0.15) is 0 Å². The minimum absolute atomic E-state index is 0.194. The maximum Gasteiger partial charge on any atom is 0.0967 e. The largest absolute Gasteiger partial charge is 0.382 e. The molecule has 12 heavy (non-hydrogen) atoms. The van der Waals surface area contributed by atoms with Crippen LogP contribution < -0.4 is 0 Å². The van der Waals surface area contributed by atoms with E-state index in [1.807, 2.05) is 6.92 Å². The monoisotopic (exact) mass is 230 g/mol. The third-order valence-corrected chi connectivity index (χ3v) is 2.90. The Hall–Kier alpha value is 0.757. The number of rotatable bonds is 4. The van der Waals surface area contributed by atoms with E-state index < -0.39 is 8.07 Å². The van der Waals surface area contributed by atoms with E-state index in [0.29, 0.717) is 0 Å². The van der Waals surface area contributed by atoms with E-state index in [1.165, 1.54) is 6.04 Å². The Morgan fingerprint density at radius 1 is 1.17 bits per heavy atom. The first-order valence-corrected chi connectivity index (χ1v) is 8.95. The summed E-state index contributed by atoms with van der Waals surface area (Å²) >= 11 is 9.53. The maximum absolute atomic E-state index is 5.24. The summed E-state index contributed by atoms with van der Waals surface area (Å²) in [6.07, 6.45) is 0. The molecule has 0 fully saturated rings. The van der Waals surface area contributed by atoms with E-state index in [1.54, 1.807) is 0 Å². The Morgan fingerprint density at radius 3 is 1.83 bits per heavy atom. The maximum atomic E-state index is 5.24. The van der Waals surface area contributed by atoms with Crippen LogP contribution in [-0.4, -0.2) is 26.6 Å². The molecule has 0 spiro atoms. The molecule has 0 aromatic carbocycles. The minimum Gasteiger partial charge on any atom is -0.382 e. The summed E-state index contributed by atoms with van der Waals surface area (Å²) in [5.41, 5.74) is 0. The molecule has 0 unspecified atom stereocenters. The molecule has 0 amide bonds. The van der Waals surface area contributed by atoms with E-state index in [0.717, 1.165) is 13.2 Å². The van der Waals surface area contributed by atoms with Crippen LogP contribution in [0.2, 0.25) is 25.7 Å². The van der Waals surface area contributed by atoms with Gasteiger partial charge in [-0.3, -0.25) is 0 Å². The molecule has 1 nitrogen and oxygen atoms in total. The van der Waals surface area contributed by atoms with E-state index in [2.05, 4.69) is 19.6 Å². The van der Waals surface area contributed by atoms with Crippen LogP contribution in [0.25, 0.3) is 0 Å². The standard InChI is InChI=1S/C7H18OSi.CH2Cl2/c1-5-8-6-7-9(2,3)4;2-1-3/h5-7H2,1-4H3;1H2. The van der Waals surface area contributed by atoms with Gasteiger partial charge in [0.1, 0.15) is 0 Å². The van der Waals surface area contributed by atoms with Crippen molar-refractivity contribution in [2.24, 2.45) is 0 Å². The first-order chi connectivity index (χ1) is 5.47. The summed E-state index contributed by atoms with van der Waals surface area (Å²) in [4.78, 5) is 0. The van der Waals surface area contributed by atoms with Gasteiger partial charge in [-0.1, -0.05) is 19.6 Å². The molecule has 0 radical (unpaired) electrons. The molecule has 0 aromatic rings. The highest BCUT2D eigenvalue weighted by molar-refractivity contribution is 6.76. The van der Waals surface area contributed by atoms with Gasteiger partial charge >= 0.3 is 0 Å². The van der Waals surface area contributed by atoms with Gasteiger partial charge in [0.2, 0.25) is 0 Å². The molecule has 0 bridgehead atoms. The molecule has 0 aliphatic heterocycles. The van der Waals surface area contributed by atoms with Gasteiger partial charge in [0, 0.05) is 21.3 Å². The Kier molecular flexibility index (Phi) is 12.5. The predicted molar refractivity (Wildman–Crippen MR) is 61.2 cm³/mol. The Bertz CT molecular complexity index is 83.6. The number of hydrogen-bond acceptors (Lipinski definition) is 1. The van der Waals surface area contributed by atoms with Crippen molar-refractivity contribution in [3.05, 3.63) is 0 Å². The van der Waals surface area contributed by atoms with Gasteiger partial charge < -0.3 is 4.74 Å². The Balaban J connectivity index is 0. The average Bonchev–Trinajstić information content (AvgIpc) is 1.87. The van der Waals surface area contributed by atoms with Crippen LogP contribution in [0.15, 0.2) is 0 Å². The van der Waals surface area contributed by atoms with Crippen molar-refractivity contribution < 1.29 is 4.74 Å². The summed E-state index contributed by atoms with van der Waals surface area (Å²) in [5, 5.41) is 0.194. The quantitative estimate of drug-likeness (QED) is 0.406.